The van der Waals surface area contributed by atoms with E-state index in [4.69, 9.17) is 17.4 Å². The third kappa shape index (κ3) is 6.97. The van der Waals surface area contributed by atoms with Crippen molar-refractivity contribution >= 4 is 26.2 Å². The van der Waals surface area contributed by atoms with Gasteiger partial charge in [-0.2, -0.15) is 0 Å². The van der Waals surface area contributed by atoms with Crippen molar-refractivity contribution in [3.05, 3.63) is 0 Å². The maximum atomic E-state index is 6.19. The summed E-state index contributed by atoms with van der Waals surface area (Å²) in [5.41, 5.74) is 0.340. The van der Waals surface area contributed by atoms with Crippen molar-refractivity contribution in [1.82, 2.24) is 0 Å². The summed E-state index contributed by atoms with van der Waals surface area (Å²) in [5, 5.41) is 0. The van der Waals surface area contributed by atoms with E-state index in [2.05, 4.69) is 33.1 Å². The molecule has 0 N–H and O–H groups in total. The van der Waals surface area contributed by atoms with Gasteiger partial charge >= 0.3 is 8.80 Å². The highest BCUT2D eigenvalue weighted by atomic mass is 28.4. The van der Waals surface area contributed by atoms with E-state index in [1.165, 1.54) is 18.9 Å². The van der Waals surface area contributed by atoms with Crippen LogP contribution in [-0.4, -0.2) is 47.5 Å². The normalized spacial score (nSPS) is 14.8. The first kappa shape index (κ1) is 20.5. The number of rotatable bonds is 11. The lowest BCUT2D eigenvalue weighted by Gasteiger charge is -2.30. The molecule has 122 valence electrons. The van der Waals surface area contributed by atoms with Gasteiger partial charge in [0.05, 0.1) is 0 Å². The van der Waals surface area contributed by atoms with Gasteiger partial charge in [-0.05, 0) is 38.7 Å². The number of unbranched alkanes of at least 4 members (excludes halogenated alkanes) is 1. The Bertz CT molecular complexity index is 250. The van der Waals surface area contributed by atoms with Gasteiger partial charge in [-0.3, -0.25) is 0 Å². The summed E-state index contributed by atoms with van der Waals surface area (Å²) >= 11 is 0. The van der Waals surface area contributed by atoms with Crippen LogP contribution in [0, 0.1) is 0 Å². The largest absolute Gasteiger partial charge is 0.503 e. The maximum absolute atomic E-state index is 6.19. The molecule has 0 heterocycles. The van der Waals surface area contributed by atoms with Gasteiger partial charge < -0.3 is 17.4 Å². The summed E-state index contributed by atoms with van der Waals surface area (Å²) in [6.07, 6.45) is 3.50. The topological polar surface area (TPSA) is 36.9 Å². The minimum Gasteiger partial charge on any atom is -0.458 e. The van der Waals surface area contributed by atoms with E-state index in [1.54, 1.807) is 21.3 Å². The summed E-state index contributed by atoms with van der Waals surface area (Å²) in [6, 6.07) is 1.24. The molecule has 0 aliphatic heterocycles. The van der Waals surface area contributed by atoms with Gasteiger partial charge in [-0.25, -0.2) is 0 Å². The molecule has 0 fully saturated rings. The zero-order valence-corrected chi connectivity index (χ0v) is 17.8. The smallest absolute Gasteiger partial charge is 0.458 e. The highest BCUT2D eigenvalue weighted by Gasteiger charge is 2.44. The monoisotopic (exact) mass is 338 g/mol. The predicted octanol–water partition coefficient (Wildman–Crippen LogP) is 3.63. The molecular formula is C13H34O4Si3. The average molecular weight is 339 g/mol. The van der Waals surface area contributed by atoms with E-state index < -0.39 is 26.2 Å². The van der Waals surface area contributed by atoms with Crippen LogP contribution < -0.4 is 0 Å². The Labute approximate surface area is 129 Å². The molecule has 0 aliphatic rings. The van der Waals surface area contributed by atoms with E-state index in [1.807, 2.05) is 0 Å². The van der Waals surface area contributed by atoms with Gasteiger partial charge in [-0.15, -0.1) is 0 Å². The fourth-order valence-corrected chi connectivity index (χ4v) is 11.7. The van der Waals surface area contributed by atoms with Crippen LogP contribution >= 0.6 is 0 Å². The van der Waals surface area contributed by atoms with Gasteiger partial charge in [0.2, 0.25) is 0 Å². The molecule has 0 amide bonds. The van der Waals surface area contributed by atoms with E-state index in [-0.39, 0.29) is 0 Å². The van der Waals surface area contributed by atoms with Crippen molar-refractivity contribution in [1.29, 1.82) is 0 Å². The third-order valence-corrected chi connectivity index (χ3v) is 12.9. The fraction of sp³-hybridized carbons (Fsp3) is 1.00. The van der Waals surface area contributed by atoms with Gasteiger partial charge in [-0.1, -0.05) is 19.8 Å². The van der Waals surface area contributed by atoms with Gasteiger partial charge in [0.25, 0.3) is 0 Å². The lowest BCUT2D eigenvalue weighted by Crippen LogP contribution is -2.46. The molecule has 20 heavy (non-hydrogen) atoms. The molecule has 0 radical (unpaired) electrons. The molecule has 1 unspecified atom stereocenters. The van der Waals surface area contributed by atoms with E-state index in [0.29, 0.717) is 5.54 Å². The maximum Gasteiger partial charge on any atom is 0.503 e. The van der Waals surface area contributed by atoms with Crippen molar-refractivity contribution in [2.75, 3.05) is 21.3 Å². The van der Waals surface area contributed by atoms with Crippen LogP contribution in [0.15, 0.2) is 0 Å². The fourth-order valence-electron chi connectivity index (χ4n) is 2.73. The Balaban J connectivity index is 4.12. The standard InChI is InChI=1S/C13H34O4Si3/c1-13(20(14-2,15-3)16-4)11-9-10-12-19(7,8)17-18(5)6/h13,18H,9-12H2,1-8H3. The summed E-state index contributed by atoms with van der Waals surface area (Å²) in [6.45, 7) is 11.4. The molecule has 0 saturated carbocycles. The molecule has 0 rings (SSSR count). The molecule has 0 spiro atoms. The third-order valence-electron chi connectivity index (χ3n) is 3.68. The van der Waals surface area contributed by atoms with Gasteiger partial charge in [0.15, 0.2) is 17.4 Å². The van der Waals surface area contributed by atoms with Crippen LogP contribution in [0.4, 0.5) is 0 Å². The predicted molar refractivity (Wildman–Crippen MR) is 92.3 cm³/mol. The molecule has 0 aromatic heterocycles. The van der Waals surface area contributed by atoms with Crippen molar-refractivity contribution < 1.29 is 17.4 Å². The lowest BCUT2D eigenvalue weighted by molar-refractivity contribution is 0.111. The zero-order valence-electron chi connectivity index (χ0n) is 14.6. The molecule has 0 aliphatic carbocycles. The summed E-state index contributed by atoms with van der Waals surface area (Å²) in [7, 11) is 0.275. The Morgan fingerprint density at radius 3 is 1.85 bits per heavy atom. The first-order chi connectivity index (χ1) is 9.23. The molecule has 4 nitrogen and oxygen atoms in total. The first-order valence-corrected chi connectivity index (χ1v) is 15.3. The number of hydrogen-bond donors (Lipinski definition) is 0. The van der Waals surface area contributed by atoms with Crippen molar-refractivity contribution in [2.24, 2.45) is 0 Å². The Morgan fingerprint density at radius 1 is 0.950 bits per heavy atom. The van der Waals surface area contributed by atoms with Crippen LogP contribution in [0.3, 0.4) is 0 Å². The van der Waals surface area contributed by atoms with Crippen LogP contribution in [0.1, 0.15) is 26.2 Å². The molecular weight excluding hydrogens is 304 g/mol. The molecule has 7 heteroatoms. The van der Waals surface area contributed by atoms with Gasteiger partial charge in [0, 0.05) is 26.9 Å². The summed E-state index contributed by atoms with van der Waals surface area (Å²) in [5.74, 6) is 0. The van der Waals surface area contributed by atoms with Gasteiger partial charge in [0.1, 0.15) is 0 Å². The zero-order chi connectivity index (χ0) is 15.8. The Kier molecular flexibility index (Phi) is 9.73. The molecule has 0 saturated heterocycles. The van der Waals surface area contributed by atoms with E-state index in [0.717, 1.165) is 6.42 Å². The summed E-state index contributed by atoms with van der Waals surface area (Å²) in [4.78, 5) is 0. The van der Waals surface area contributed by atoms with Crippen molar-refractivity contribution in [3.8, 4) is 0 Å². The molecule has 0 bridgehead atoms. The number of hydrogen-bond acceptors (Lipinski definition) is 4. The minimum atomic E-state index is -2.46. The molecule has 0 aromatic carbocycles. The quantitative estimate of drug-likeness (QED) is 0.426. The average Bonchev–Trinajstić information content (AvgIpc) is 2.36. The molecule has 0 aromatic rings. The highest BCUT2D eigenvalue weighted by molar-refractivity contribution is 6.77. The highest BCUT2D eigenvalue weighted by Crippen LogP contribution is 2.29. The minimum absolute atomic E-state index is 0.340. The van der Waals surface area contributed by atoms with Crippen LogP contribution in [-0.2, 0) is 17.4 Å². The SMILES string of the molecule is CO[Si](OC)(OC)C(C)CCCC[Si](C)(C)O[SiH](C)C. The van der Waals surface area contributed by atoms with Crippen LogP contribution in [0.25, 0.3) is 0 Å². The second-order valence-electron chi connectivity index (χ2n) is 6.29. The van der Waals surface area contributed by atoms with Crippen molar-refractivity contribution in [3.63, 3.8) is 0 Å². The second-order valence-corrected chi connectivity index (χ2v) is 16.8. The second kappa shape index (κ2) is 9.50. The van der Waals surface area contributed by atoms with E-state index >= 15 is 0 Å². The van der Waals surface area contributed by atoms with Crippen LogP contribution in [0.2, 0.25) is 37.8 Å². The Hall–Kier alpha value is 0.491. The summed E-state index contributed by atoms with van der Waals surface area (Å²) < 4.78 is 22.8. The van der Waals surface area contributed by atoms with E-state index in [9.17, 15) is 0 Å². The molecule has 1 atom stereocenters. The van der Waals surface area contributed by atoms with Crippen LogP contribution in [0.5, 0.6) is 0 Å². The first-order valence-electron chi connectivity index (χ1n) is 7.56. The Morgan fingerprint density at radius 2 is 1.45 bits per heavy atom. The lowest BCUT2D eigenvalue weighted by atomic mass is 10.2. The van der Waals surface area contributed by atoms with Crippen molar-refractivity contribution in [2.45, 2.75) is 64.0 Å².